The molecule has 3 aliphatic heterocycles. The minimum absolute atomic E-state index is 0.0393. The van der Waals surface area contributed by atoms with Crippen LogP contribution in [0.25, 0.3) is 0 Å². The van der Waals surface area contributed by atoms with E-state index >= 15 is 0 Å². The third-order valence-corrected chi connectivity index (χ3v) is 6.50. The SMILES string of the molecule is CC(C)(C)c1cc(NC(=O)/N=C(N)\C=C2/N=CC(C#Cc3ccc(OCCN4CC5OCCO[C@H]5C4)cn3)=CN2)no1. The molecule has 1 unspecified atom stereocenters. The smallest absolute Gasteiger partial charge is 0.348 e. The number of fused-ring (bicyclic) bond motifs is 1. The van der Waals surface area contributed by atoms with E-state index < -0.39 is 6.03 Å². The Kier molecular flexibility index (Phi) is 8.97. The predicted molar refractivity (Wildman–Crippen MR) is 156 cm³/mol. The van der Waals surface area contributed by atoms with Crippen molar-refractivity contribution in [1.82, 2.24) is 20.4 Å². The molecule has 42 heavy (non-hydrogen) atoms. The number of rotatable bonds is 6. The lowest BCUT2D eigenvalue weighted by Crippen LogP contribution is -2.36. The second-order valence-electron chi connectivity index (χ2n) is 10.9. The highest BCUT2D eigenvalue weighted by Gasteiger charge is 2.36. The third-order valence-electron chi connectivity index (χ3n) is 6.50. The molecular weight excluding hydrogens is 540 g/mol. The maximum Gasteiger partial charge on any atom is 0.348 e. The first kappa shape index (κ1) is 29.0. The van der Waals surface area contributed by atoms with E-state index in [1.165, 1.54) is 6.08 Å². The van der Waals surface area contributed by atoms with Crippen molar-refractivity contribution >= 4 is 23.9 Å². The number of hydrogen-bond donors (Lipinski definition) is 3. The molecule has 2 aromatic heterocycles. The summed E-state index contributed by atoms with van der Waals surface area (Å²) in [5.41, 5.74) is 6.88. The number of carbonyl (C=O) groups excluding carboxylic acids is 1. The van der Waals surface area contributed by atoms with E-state index in [0.29, 0.717) is 48.4 Å². The van der Waals surface area contributed by atoms with Crippen LogP contribution in [0.5, 0.6) is 5.75 Å². The van der Waals surface area contributed by atoms with E-state index in [9.17, 15) is 4.79 Å². The lowest BCUT2D eigenvalue weighted by Gasteiger charge is -2.24. The number of allylic oxidation sites excluding steroid dienone is 1. The lowest BCUT2D eigenvalue weighted by molar-refractivity contribution is -0.116. The van der Waals surface area contributed by atoms with Crippen molar-refractivity contribution in [3.8, 4) is 17.6 Å². The van der Waals surface area contributed by atoms with Gasteiger partial charge >= 0.3 is 6.03 Å². The summed E-state index contributed by atoms with van der Waals surface area (Å²) in [5, 5.41) is 9.32. The van der Waals surface area contributed by atoms with Gasteiger partial charge in [0, 0.05) is 49.6 Å². The second kappa shape index (κ2) is 13.0. The van der Waals surface area contributed by atoms with Gasteiger partial charge in [-0.15, -0.1) is 0 Å². The molecule has 2 aromatic rings. The first-order valence-electron chi connectivity index (χ1n) is 13.6. The Morgan fingerprint density at radius 3 is 2.69 bits per heavy atom. The van der Waals surface area contributed by atoms with E-state index in [2.05, 4.69) is 47.5 Å². The van der Waals surface area contributed by atoms with E-state index in [1.807, 2.05) is 26.8 Å². The minimum Gasteiger partial charge on any atom is -0.491 e. The number of likely N-dealkylation sites (tertiary alicyclic amines) is 1. The number of nitrogens with zero attached hydrogens (tertiary/aromatic N) is 5. The first-order chi connectivity index (χ1) is 20.2. The second-order valence-corrected chi connectivity index (χ2v) is 10.9. The number of pyridine rings is 1. The Morgan fingerprint density at radius 1 is 1.26 bits per heavy atom. The number of amidine groups is 1. The van der Waals surface area contributed by atoms with Crippen LogP contribution in [0.3, 0.4) is 0 Å². The average Bonchev–Trinajstić information content (AvgIpc) is 3.60. The monoisotopic (exact) mass is 574 g/mol. The van der Waals surface area contributed by atoms with Crippen LogP contribution < -0.4 is 21.1 Å². The van der Waals surface area contributed by atoms with Crippen LogP contribution in [-0.2, 0) is 14.9 Å². The molecule has 2 saturated heterocycles. The number of anilines is 1. The molecule has 0 spiro atoms. The molecule has 5 rings (SSSR count). The van der Waals surface area contributed by atoms with Crippen LogP contribution in [0.15, 0.2) is 62.6 Å². The fourth-order valence-corrected chi connectivity index (χ4v) is 4.32. The Bertz CT molecular complexity index is 1450. The molecule has 0 aliphatic carbocycles. The molecule has 0 radical (unpaired) electrons. The molecule has 13 heteroatoms. The molecule has 2 fully saturated rings. The van der Waals surface area contributed by atoms with Gasteiger partial charge in [-0.1, -0.05) is 31.8 Å². The lowest BCUT2D eigenvalue weighted by atomic mass is 9.93. The molecule has 4 N–H and O–H groups in total. The number of nitrogens with one attached hydrogen (secondary N) is 2. The highest BCUT2D eigenvalue weighted by molar-refractivity contribution is 6.03. The highest BCUT2D eigenvalue weighted by atomic mass is 16.6. The van der Waals surface area contributed by atoms with Crippen molar-refractivity contribution in [2.75, 3.05) is 44.8 Å². The van der Waals surface area contributed by atoms with E-state index in [-0.39, 0.29) is 29.3 Å². The third kappa shape index (κ3) is 8.03. The standard InChI is InChI=1S/C29H34N8O5/c1-29(2,3)24-12-27(36-42-24)35-28(38)34-25(30)13-26-32-14-19(15-33-26)4-5-20-6-7-21(16-31-20)39-9-8-37-17-22-23(18-37)41-11-10-40-22/h6-7,12-16,22-23,32H,8-11,17-18H2,1-3H3,(H3,30,34,35,36,38)/b26-13-/t22-,23?/m0/s1. The van der Waals surface area contributed by atoms with Crippen molar-refractivity contribution in [1.29, 1.82) is 0 Å². The number of amides is 2. The van der Waals surface area contributed by atoms with Crippen LogP contribution in [0.4, 0.5) is 10.6 Å². The van der Waals surface area contributed by atoms with Gasteiger partial charge in [-0.05, 0) is 18.1 Å². The number of ether oxygens (including phenoxy) is 3. The number of urea groups is 1. The van der Waals surface area contributed by atoms with Gasteiger partial charge in [-0.3, -0.25) is 10.2 Å². The summed E-state index contributed by atoms with van der Waals surface area (Å²) < 4.78 is 22.6. The Morgan fingerprint density at radius 2 is 2.05 bits per heavy atom. The largest absolute Gasteiger partial charge is 0.491 e. The molecule has 0 saturated carbocycles. The highest BCUT2D eigenvalue weighted by Crippen LogP contribution is 2.24. The Hall–Kier alpha value is -4.51. The molecule has 0 bridgehead atoms. The summed E-state index contributed by atoms with van der Waals surface area (Å²) in [5.74, 6) is 7.94. The summed E-state index contributed by atoms with van der Waals surface area (Å²) in [6.45, 7) is 10.4. The molecule has 3 aliphatic rings. The van der Waals surface area contributed by atoms with Crippen molar-refractivity contribution < 1.29 is 23.5 Å². The van der Waals surface area contributed by atoms with Gasteiger partial charge in [0.2, 0.25) is 0 Å². The van der Waals surface area contributed by atoms with Crippen molar-refractivity contribution in [2.24, 2.45) is 15.7 Å². The van der Waals surface area contributed by atoms with Gasteiger partial charge in [0.1, 0.15) is 35.5 Å². The van der Waals surface area contributed by atoms with Crippen LogP contribution in [0.2, 0.25) is 0 Å². The van der Waals surface area contributed by atoms with Crippen LogP contribution in [-0.4, -0.2) is 84.8 Å². The van der Waals surface area contributed by atoms with E-state index in [0.717, 1.165) is 19.6 Å². The van der Waals surface area contributed by atoms with Crippen molar-refractivity contribution in [3.05, 3.63) is 59.5 Å². The number of hydrogen-bond acceptors (Lipinski definition) is 10. The zero-order chi connectivity index (χ0) is 29.5. The average molecular weight is 575 g/mol. The molecule has 2 amide bonds. The minimum atomic E-state index is -0.682. The Labute approximate surface area is 243 Å². The maximum absolute atomic E-state index is 12.2. The van der Waals surface area contributed by atoms with Gasteiger partial charge in [-0.25, -0.2) is 14.8 Å². The molecular formula is C29H34N8O5. The van der Waals surface area contributed by atoms with Gasteiger partial charge in [0.25, 0.3) is 0 Å². The number of nitrogens with two attached hydrogens (primary N) is 1. The molecule has 5 heterocycles. The zero-order valence-corrected chi connectivity index (χ0v) is 23.8. The maximum atomic E-state index is 12.2. The van der Waals surface area contributed by atoms with Gasteiger partial charge < -0.3 is 29.8 Å². The predicted octanol–water partition coefficient (Wildman–Crippen LogP) is 2.19. The molecule has 13 nitrogen and oxygen atoms in total. The number of aromatic nitrogens is 2. The first-order valence-corrected chi connectivity index (χ1v) is 13.6. The van der Waals surface area contributed by atoms with Crippen molar-refractivity contribution in [2.45, 2.75) is 38.4 Å². The van der Waals surface area contributed by atoms with E-state index in [4.69, 9.17) is 24.5 Å². The number of carbonyl (C=O) groups is 1. The van der Waals surface area contributed by atoms with Crippen molar-refractivity contribution in [3.63, 3.8) is 0 Å². The summed E-state index contributed by atoms with van der Waals surface area (Å²) in [6, 6.07) is 4.62. The van der Waals surface area contributed by atoms with Gasteiger partial charge in [0.05, 0.1) is 37.2 Å². The fraction of sp³-hybridized carbons (Fsp3) is 0.414. The van der Waals surface area contributed by atoms with Gasteiger partial charge in [-0.2, -0.15) is 4.99 Å². The quantitative estimate of drug-likeness (QED) is 0.265. The Balaban J connectivity index is 1.05. The van der Waals surface area contributed by atoms with Crippen LogP contribution in [0, 0.1) is 11.8 Å². The zero-order valence-electron chi connectivity index (χ0n) is 23.8. The van der Waals surface area contributed by atoms with Crippen LogP contribution in [0.1, 0.15) is 32.2 Å². The summed E-state index contributed by atoms with van der Waals surface area (Å²) >= 11 is 0. The summed E-state index contributed by atoms with van der Waals surface area (Å²) in [4.78, 5) is 26.9. The molecule has 220 valence electrons. The normalized spacial score (nSPS) is 21.6. The van der Waals surface area contributed by atoms with Gasteiger partial charge in [0.15, 0.2) is 5.82 Å². The summed E-state index contributed by atoms with van der Waals surface area (Å²) in [6.07, 6.45) is 6.67. The van der Waals surface area contributed by atoms with Crippen LogP contribution >= 0.6 is 0 Å². The number of aliphatic imine (C=N–C) groups is 2. The molecule has 2 atom stereocenters. The summed E-state index contributed by atoms with van der Waals surface area (Å²) in [7, 11) is 0. The topological polar surface area (TPSA) is 162 Å². The fourth-order valence-electron chi connectivity index (χ4n) is 4.32. The van der Waals surface area contributed by atoms with E-state index in [1.54, 1.807) is 30.7 Å². The molecule has 0 aromatic carbocycles.